The van der Waals surface area contributed by atoms with Crippen LogP contribution in [0.25, 0.3) is 11.6 Å². The minimum atomic E-state index is -1.27. The van der Waals surface area contributed by atoms with Gasteiger partial charge in [-0.25, -0.2) is 0 Å². The van der Waals surface area contributed by atoms with Crippen LogP contribution in [-0.4, -0.2) is 12.8 Å². The van der Waals surface area contributed by atoms with Crippen molar-refractivity contribution in [3.05, 3.63) is 58.1 Å². The van der Waals surface area contributed by atoms with Crippen molar-refractivity contribution in [2.75, 3.05) is 6.79 Å². The van der Waals surface area contributed by atoms with E-state index in [0.29, 0.717) is 33.2 Å². The van der Waals surface area contributed by atoms with Gasteiger partial charge in [-0.05, 0) is 28.8 Å². The molecule has 0 aromatic heterocycles. The molecule has 0 saturated carbocycles. The van der Waals surface area contributed by atoms with E-state index in [1.807, 2.05) is 0 Å². The van der Waals surface area contributed by atoms with Crippen LogP contribution in [0.1, 0.15) is 21.5 Å². The number of fused-ring (bicyclic) bond motifs is 1. The van der Waals surface area contributed by atoms with Gasteiger partial charge in [-0.15, -0.1) is 0 Å². The lowest BCUT2D eigenvalue weighted by Crippen LogP contribution is -2.21. The number of carbonyl (C=O) groups is 1. The molecule has 0 N–H and O–H groups in total. The Morgan fingerprint density at radius 3 is 2.39 bits per heavy atom. The Hall–Kier alpha value is -2.97. The predicted molar refractivity (Wildman–Crippen MR) is 81.8 cm³/mol. The summed E-state index contributed by atoms with van der Waals surface area (Å²) in [5.74, 6) is -0.146. The van der Waals surface area contributed by atoms with Crippen LogP contribution in [0.5, 0.6) is 11.5 Å². The second-order valence-electron chi connectivity index (χ2n) is 4.76. The molecule has 2 aromatic rings. The minimum absolute atomic E-state index is 0.0483. The van der Waals surface area contributed by atoms with Crippen LogP contribution in [0.4, 0.5) is 0 Å². The van der Waals surface area contributed by atoms with E-state index < -0.39 is 5.97 Å². The summed E-state index contributed by atoms with van der Waals surface area (Å²) < 4.78 is 10.5. The smallest absolute Gasteiger partial charge is 0.231 e. The van der Waals surface area contributed by atoms with Gasteiger partial charge >= 0.3 is 0 Å². The van der Waals surface area contributed by atoms with Gasteiger partial charge in [0.1, 0.15) is 0 Å². The number of carboxylic acid groups (broad SMARTS) is 1. The van der Waals surface area contributed by atoms with E-state index in [1.165, 1.54) is 12.1 Å². The van der Waals surface area contributed by atoms with Crippen molar-refractivity contribution in [3.8, 4) is 17.6 Å². The predicted octanol–water partition coefficient (Wildman–Crippen LogP) is 2.50. The van der Waals surface area contributed by atoms with Gasteiger partial charge in [-0.1, -0.05) is 35.9 Å². The number of nitriles is 1. The zero-order valence-electron chi connectivity index (χ0n) is 11.7. The molecule has 0 amide bonds. The SMILES string of the molecule is N#CC(=Cc1cc2c(cc1Cl)OCO2)c1ccc(C(=O)[O-])cc1. The first-order valence-corrected chi connectivity index (χ1v) is 6.99. The van der Waals surface area contributed by atoms with Crippen LogP contribution < -0.4 is 14.6 Å². The molecule has 23 heavy (non-hydrogen) atoms. The fourth-order valence-corrected chi connectivity index (χ4v) is 2.37. The number of nitrogens with zero attached hydrogens (tertiary/aromatic N) is 1. The van der Waals surface area contributed by atoms with Crippen molar-refractivity contribution < 1.29 is 19.4 Å². The fourth-order valence-electron chi connectivity index (χ4n) is 2.17. The van der Waals surface area contributed by atoms with Crippen LogP contribution in [0.3, 0.4) is 0 Å². The first-order chi connectivity index (χ1) is 11.1. The Labute approximate surface area is 136 Å². The molecule has 0 aliphatic carbocycles. The molecular formula is C17H9ClNO4-. The summed E-state index contributed by atoms with van der Waals surface area (Å²) >= 11 is 6.19. The van der Waals surface area contributed by atoms with E-state index in [0.717, 1.165) is 0 Å². The van der Waals surface area contributed by atoms with Gasteiger partial charge in [0.15, 0.2) is 11.5 Å². The molecule has 2 aromatic carbocycles. The summed E-state index contributed by atoms with van der Waals surface area (Å²) in [7, 11) is 0. The Morgan fingerprint density at radius 1 is 1.17 bits per heavy atom. The number of rotatable bonds is 3. The molecule has 1 aliphatic rings. The summed E-state index contributed by atoms with van der Waals surface area (Å²) in [6.45, 7) is 0.134. The molecule has 3 rings (SSSR count). The quantitative estimate of drug-likeness (QED) is 0.639. The molecule has 0 atom stereocenters. The highest BCUT2D eigenvalue weighted by Crippen LogP contribution is 2.38. The van der Waals surface area contributed by atoms with E-state index >= 15 is 0 Å². The van der Waals surface area contributed by atoms with E-state index in [1.54, 1.807) is 30.3 Å². The standard InChI is InChI=1S/C17H10ClNO4/c18-14-7-16-15(22-9-23-16)6-12(14)5-13(8-19)10-1-3-11(4-2-10)17(20)21/h1-7H,9H2,(H,20,21)/p-1. The lowest BCUT2D eigenvalue weighted by Gasteiger charge is -2.05. The number of carbonyl (C=O) groups excluding carboxylic acids is 1. The highest BCUT2D eigenvalue weighted by atomic mass is 35.5. The summed E-state index contributed by atoms with van der Waals surface area (Å²) in [5, 5.41) is 20.5. The van der Waals surface area contributed by atoms with Gasteiger partial charge < -0.3 is 19.4 Å². The third kappa shape index (κ3) is 2.98. The second-order valence-corrected chi connectivity index (χ2v) is 5.17. The zero-order chi connectivity index (χ0) is 16.4. The van der Waals surface area contributed by atoms with Crippen molar-refractivity contribution >= 4 is 29.2 Å². The summed E-state index contributed by atoms with van der Waals surface area (Å²) in [6, 6.07) is 11.3. The maximum atomic E-state index is 10.8. The Bertz CT molecular complexity index is 850. The second kappa shape index (κ2) is 6.03. The van der Waals surface area contributed by atoms with Crippen LogP contribution in [0.15, 0.2) is 36.4 Å². The van der Waals surface area contributed by atoms with Crippen molar-refractivity contribution in [2.24, 2.45) is 0 Å². The Kier molecular flexibility index (Phi) is 3.92. The highest BCUT2D eigenvalue weighted by Gasteiger charge is 2.16. The van der Waals surface area contributed by atoms with Gasteiger partial charge in [0, 0.05) is 6.07 Å². The molecule has 0 radical (unpaired) electrons. The molecule has 0 unspecified atom stereocenters. The average molecular weight is 327 g/mol. The first-order valence-electron chi connectivity index (χ1n) is 6.61. The van der Waals surface area contributed by atoms with Crippen molar-refractivity contribution in [2.45, 2.75) is 0 Å². The highest BCUT2D eigenvalue weighted by molar-refractivity contribution is 6.32. The molecule has 1 aliphatic heterocycles. The normalized spacial score (nSPS) is 12.8. The van der Waals surface area contributed by atoms with Crippen LogP contribution in [0.2, 0.25) is 5.02 Å². The molecule has 5 nitrogen and oxygen atoms in total. The fraction of sp³-hybridized carbons (Fsp3) is 0.0588. The van der Waals surface area contributed by atoms with E-state index in [4.69, 9.17) is 21.1 Å². The van der Waals surface area contributed by atoms with E-state index in [2.05, 4.69) is 6.07 Å². The summed E-state index contributed by atoms with van der Waals surface area (Å²) in [6.07, 6.45) is 1.61. The van der Waals surface area contributed by atoms with Crippen molar-refractivity contribution in [1.29, 1.82) is 5.26 Å². The first kappa shape index (κ1) is 14.9. The summed E-state index contributed by atoms with van der Waals surface area (Å²) in [5.41, 5.74) is 1.57. The maximum Gasteiger partial charge on any atom is 0.231 e. The third-order valence-corrected chi connectivity index (χ3v) is 3.67. The molecule has 0 fully saturated rings. The van der Waals surface area contributed by atoms with Gasteiger partial charge in [-0.3, -0.25) is 0 Å². The number of benzene rings is 2. The number of aromatic carboxylic acids is 1. The molecule has 6 heteroatoms. The lowest BCUT2D eigenvalue weighted by atomic mass is 10.0. The van der Waals surface area contributed by atoms with Gasteiger partial charge in [0.05, 0.1) is 22.6 Å². The Balaban J connectivity index is 1.99. The van der Waals surface area contributed by atoms with Gasteiger partial charge in [0.2, 0.25) is 6.79 Å². The molecule has 0 spiro atoms. The van der Waals surface area contributed by atoms with Crippen LogP contribution >= 0.6 is 11.6 Å². The van der Waals surface area contributed by atoms with E-state index in [9.17, 15) is 15.2 Å². The van der Waals surface area contributed by atoms with E-state index in [-0.39, 0.29) is 12.4 Å². The zero-order valence-corrected chi connectivity index (χ0v) is 12.5. The molecular weight excluding hydrogens is 318 g/mol. The van der Waals surface area contributed by atoms with Gasteiger partial charge in [-0.2, -0.15) is 5.26 Å². The number of hydrogen-bond donors (Lipinski definition) is 0. The average Bonchev–Trinajstić information content (AvgIpc) is 2.99. The van der Waals surface area contributed by atoms with Crippen LogP contribution in [0, 0.1) is 11.3 Å². The molecule has 0 bridgehead atoms. The number of hydrogen-bond acceptors (Lipinski definition) is 5. The number of ether oxygens (including phenoxy) is 2. The minimum Gasteiger partial charge on any atom is -0.545 e. The van der Waals surface area contributed by atoms with Gasteiger partial charge in [0.25, 0.3) is 0 Å². The molecule has 1 heterocycles. The molecule has 0 saturated heterocycles. The Morgan fingerprint density at radius 2 is 1.78 bits per heavy atom. The number of allylic oxidation sites excluding steroid dienone is 1. The number of halogens is 1. The van der Waals surface area contributed by atoms with Crippen LogP contribution in [-0.2, 0) is 0 Å². The largest absolute Gasteiger partial charge is 0.545 e. The van der Waals surface area contributed by atoms with Crippen molar-refractivity contribution in [1.82, 2.24) is 0 Å². The molecule has 114 valence electrons. The third-order valence-electron chi connectivity index (χ3n) is 3.34. The lowest BCUT2D eigenvalue weighted by molar-refractivity contribution is -0.255. The summed E-state index contributed by atoms with van der Waals surface area (Å²) in [4.78, 5) is 10.8. The van der Waals surface area contributed by atoms with Crippen molar-refractivity contribution in [3.63, 3.8) is 0 Å². The topological polar surface area (TPSA) is 82.4 Å². The monoisotopic (exact) mass is 326 g/mol. The number of carboxylic acids is 1. The maximum absolute atomic E-state index is 10.8.